The maximum atomic E-state index is 12.8. The van der Waals surface area contributed by atoms with Gasteiger partial charge >= 0.3 is 17.9 Å². The number of carbonyl (C=O) groups excluding carboxylic acids is 3. The van der Waals surface area contributed by atoms with Crippen molar-refractivity contribution in [3.63, 3.8) is 0 Å². The van der Waals surface area contributed by atoms with Crippen molar-refractivity contribution in [2.45, 2.75) is 258 Å². The van der Waals surface area contributed by atoms with E-state index in [2.05, 4.69) is 93.7 Å². The van der Waals surface area contributed by atoms with Crippen molar-refractivity contribution in [3.8, 4) is 0 Å². The molecule has 0 heterocycles. The molecule has 0 saturated heterocycles. The van der Waals surface area contributed by atoms with E-state index in [1.807, 2.05) is 0 Å². The summed E-state index contributed by atoms with van der Waals surface area (Å²) in [4.78, 5) is 38.0. The molecule has 0 aromatic rings. The molecule has 0 aliphatic heterocycles. The Morgan fingerprint density at radius 3 is 0.984 bits per heavy atom. The molecule has 0 bridgehead atoms. The van der Waals surface area contributed by atoms with E-state index in [0.29, 0.717) is 19.3 Å². The topological polar surface area (TPSA) is 78.9 Å². The Hall–Kier alpha value is -3.15. The highest BCUT2D eigenvalue weighted by molar-refractivity contribution is 5.71. The number of esters is 3. The summed E-state index contributed by atoms with van der Waals surface area (Å²) in [6.07, 6.45) is 64.5. The van der Waals surface area contributed by atoms with Crippen LogP contribution in [0.2, 0.25) is 0 Å². The van der Waals surface area contributed by atoms with Gasteiger partial charge in [-0.3, -0.25) is 14.4 Å². The van der Waals surface area contributed by atoms with Gasteiger partial charge in [0.1, 0.15) is 13.2 Å². The molecule has 0 saturated carbocycles. The van der Waals surface area contributed by atoms with Crippen molar-refractivity contribution >= 4 is 17.9 Å². The van der Waals surface area contributed by atoms with Crippen LogP contribution in [-0.4, -0.2) is 37.2 Å². The zero-order valence-electron chi connectivity index (χ0n) is 41.3. The van der Waals surface area contributed by atoms with Crippen molar-refractivity contribution in [2.75, 3.05) is 13.2 Å². The summed E-state index contributed by atoms with van der Waals surface area (Å²) >= 11 is 0. The van der Waals surface area contributed by atoms with Crippen molar-refractivity contribution in [3.05, 3.63) is 72.9 Å². The van der Waals surface area contributed by atoms with Gasteiger partial charge in [0.2, 0.25) is 0 Å². The lowest BCUT2D eigenvalue weighted by molar-refractivity contribution is -0.167. The number of rotatable bonds is 47. The average molecular weight is 879 g/mol. The third-order valence-corrected chi connectivity index (χ3v) is 11.2. The molecule has 0 radical (unpaired) electrons. The maximum absolute atomic E-state index is 12.8. The largest absolute Gasteiger partial charge is 0.462 e. The monoisotopic (exact) mass is 879 g/mol. The van der Waals surface area contributed by atoms with Crippen molar-refractivity contribution in [1.82, 2.24) is 0 Å². The summed E-state index contributed by atoms with van der Waals surface area (Å²) in [5, 5.41) is 0. The average Bonchev–Trinajstić information content (AvgIpc) is 3.28. The summed E-state index contributed by atoms with van der Waals surface area (Å²) in [6.45, 7) is 6.48. The van der Waals surface area contributed by atoms with Gasteiger partial charge < -0.3 is 14.2 Å². The predicted molar refractivity (Wildman–Crippen MR) is 270 cm³/mol. The molecule has 1 unspecified atom stereocenters. The molecule has 6 heteroatoms. The predicted octanol–water partition coefficient (Wildman–Crippen LogP) is 17.4. The van der Waals surface area contributed by atoms with Crippen LogP contribution in [0.3, 0.4) is 0 Å². The fourth-order valence-electron chi connectivity index (χ4n) is 7.23. The van der Waals surface area contributed by atoms with Crippen LogP contribution >= 0.6 is 0 Å². The van der Waals surface area contributed by atoms with Crippen LogP contribution in [0.25, 0.3) is 0 Å². The molecule has 0 aliphatic carbocycles. The Labute approximate surface area is 389 Å². The second-order valence-corrected chi connectivity index (χ2v) is 17.4. The highest BCUT2D eigenvalue weighted by atomic mass is 16.6. The van der Waals surface area contributed by atoms with E-state index in [4.69, 9.17) is 14.2 Å². The summed E-state index contributed by atoms with van der Waals surface area (Å²) in [5.41, 5.74) is 0. The minimum atomic E-state index is -0.791. The first-order chi connectivity index (χ1) is 31.0. The quantitative estimate of drug-likeness (QED) is 0.0262. The fourth-order valence-corrected chi connectivity index (χ4v) is 7.23. The molecular weight excluding hydrogens is 781 g/mol. The lowest BCUT2D eigenvalue weighted by Gasteiger charge is -2.18. The molecule has 63 heavy (non-hydrogen) atoms. The zero-order valence-corrected chi connectivity index (χ0v) is 41.3. The number of hydrogen-bond acceptors (Lipinski definition) is 6. The van der Waals surface area contributed by atoms with E-state index < -0.39 is 6.10 Å². The Balaban J connectivity index is 4.44. The van der Waals surface area contributed by atoms with Gasteiger partial charge in [0.25, 0.3) is 0 Å². The summed E-state index contributed by atoms with van der Waals surface area (Å²) in [6, 6.07) is 0. The number of ether oxygens (including phenoxy) is 3. The van der Waals surface area contributed by atoms with E-state index in [1.54, 1.807) is 0 Å². The third kappa shape index (κ3) is 49.7. The highest BCUT2D eigenvalue weighted by Crippen LogP contribution is 2.14. The molecule has 0 aromatic heterocycles. The van der Waals surface area contributed by atoms with Gasteiger partial charge in [0, 0.05) is 19.3 Å². The lowest BCUT2D eigenvalue weighted by Crippen LogP contribution is -2.30. The van der Waals surface area contributed by atoms with E-state index in [1.165, 1.54) is 89.9 Å². The Morgan fingerprint density at radius 2 is 0.619 bits per heavy atom. The first-order valence-electron chi connectivity index (χ1n) is 26.4. The van der Waals surface area contributed by atoms with Crippen LogP contribution in [0.4, 0.5) is 0 Å². The molecular formula is C57H98O6. The van der Waals surface area contributed by atoms with Crippen molar-refractivity contribution < 1.29 is 28.6 Å². The number of allylic oxidation sites excluding steroid dienone is 12. The number of carbonyl (C=O) groups is 3. The van der Waals surface area contributed by atoms with E-state index in [0.717, 1.165) is 122 Å². The van der Waals surface area contributed by atoms with E-state index in [9.17, 15) is 14.4 Å². The second-order valence-electron chi connectivity index (χ2n) is 17.4. The maximum Gasteiger partial charge on any atom is 0.306 e. The first-order valence-corrected chi connectivity index (χ1v) is 26.4. The Kier molecular flexibility index (Phi) is 48.9. The lowest BCUT2D eigenvalue weighted by atomic mass is 10.0. The standard InChI is InChI=1S/C57H98O6/c1-4-7-10-13-16-19-22-25-27-29-31-32-35-38-41-44-47-50-56(59)62-53-54(52-61-55(58)49-46-43-40-37-34-24-21-18-15-12-9-6-3)63-57(60)51-48-45-42-39-36-33-30-28-26-23-20-17-14-11-8-5-2/h7,10,16,19-20,23,25,27-28,30-32,54H,4-6,8-9,11-15,17-18,21-22,24,26,29,33-53H2,1-3H3/b10-7-,19-16-,23-20-,27-25-,30-28-,32-31-. The molecule has 0 rings (SSSR count). The normalized spacial score (nSPS) is 12.6. The smallest absolute Gasteiger partial charge is 0.306 e. The molecule has 6 nitrogen and oxygen atoms in total. The number of unbranched alkanes of at least 4 members (excludes halogenated alkanes) is 24. The van der Waals surface area contributed by atoms with Gasteiger partial charge in [-0.1, -0.05) is 216 Å². The minimum absolute atomic E-state index is 0.0876. The molecule has 0 fully saturated rings. The van der Waals surface area contributed by atoms with Crippen molar-refractivity contribution in [1.29, 1.82) is 0 Å². The summed E-state index contributed by atoms with van der Waals surface area (Å²) in [7, 11) is 0. The van der Waals surface area contributed by atoms with Gasteiger partial charge in [0.15, 0.2) is 6.10 Å². The highest BCUT2D eigenvalue weighted by Gasteiger charge is 2.19. The summed E-state index contributed by atoms with van der Waals surface area (Å²) < 4.78 is 16.8. The third-order valence-electron chi connectivity index (χ3n) is 11.2. The van der Waals surface area contributed by atoms with Crippen LogP contribution in [0.5, 0.6) is 0 Å². The molecule has 0 amide bonds. The van der Waals surface area contributed by atoms with Gasteiger partial charge in [0.05, 0.1) is 0 Å². The van der Waals surface area contributed by atoms with Gasteiger partial charge in [-0.05, 0) is 89.9 Å². The van der Waals surface area contributed by atoms with Crippen LogP contribution < -0.4 is 0 Å². The summed E-state index contributed by atoms with van der Waals surface area (Å²) in [5.74, 6) is -0.923. The SMILES string of the molecule is CC/C=C\C/C=C\C/C=C\C/C=C\CCCCCCC(=O)OCC(COC(=O)CCCCCCCCCCCCCC)OC(=O)CCCCCCC/C=C\C/C=C\CCCCCC. The van der Waals surface area contributed by atoms with Crippen LogP contribution in [-0.2, 0) is 28.6 Å². The van der Waals surface area contributed by atoms with Crippen LogP contribution in [0.1, 0.15) is 252 Å². The Morgan fingerprint density at radius 1 is 0.333 bits per heavy atom. The van der Waals surface area contributed by atoms with Gasteiger partial charge in [-0.2, -0.15) is 0 Å². The molecule has 0 spiro atoms. The molecule has 0 N–H and O–H groups in total. The van der Waals surface area contributed by atoms with E-state index in [-0.39, 0.29) is 31.1 Å². The number of hydrogen-bond donors (Lipinski definition) is 0. The van der Waals surface area contributed by atoms with Gasteiger partial charge in [-0.25, -0.2) is 0 Å². The second kappa shape index (κ2) is 51.5. The van der Waals surface area contributed by atoms with E-state index >= 15 is 0 Å². The minimum Gasteiger partial charge on any atom is -0.462 e. The molecule has 0 aromatic carbocycles. The fraction of sp³-hybridized carbons (Fsp3) is 0.737. The van der Waals surface area contributed by atoms with Crippen molar-refractivity contribution in [2.24, 2.45) is 0 Å². The molecule has 1 atom stereocenters. The Bertz CT molecular complexity index is 1190. The molecule has 0 aliphatic rings. The molecule has 362 valence electrons. The zero-order chi connectivity index (χ0) is 45.8. The van der Waals surface area contributed by atoms with Crippen LogP contribution in [0.15, 0.2) is 72.9 Å². The van der Waals surface area contributed by atoms with Crippen LogP contribution in [0, 0.1) is 0 Å². The van der Waals surface area contributed by atoms with Gasteiger partial charge in [-0.15, -0.1) is 0 Å². The first kappa shape index (κ1) is 59.9.